The van der Waals surface area contributed by atoms with Crippen LogP contribution in [-0.4, -0.2) is 29.8 Å². The Morgan fingerprint density at radius 2 is 1.97 bits per heavy atom. The number of nitrogens with zero attached hydrogens (tertiary/aromatic N) is 2. The summed E-state index contributed by atoms with van der Waals surface area (Å²) in [6, 6.07) is 10.5. The number of benzene rings is 2. The zero-order chi connectivity index (χ0) is 22.2. The third-order valence-corrected chi connectivity index (χ3v) is 5.79. The first-order valence-electron chi connectivity index (χ1n) is 8.75. The molecule has 1 heterocycles. The van der Waals surface area contributed by atoms with Crippen LogP contribution >= 0.6 is 23.1 Å². The fourth-order valence-corrected chi connectivity index (χ4v) is 4.06. The van der Waals surface area contributed by atoms with Gasteiger partial charge in [0.15, 0.2) is 15.8 Å². The molecule has 0 bridgehead atoms. The van der Waals surface area contributed by atoms with Gasteiger partial charge in [0.25, 0.3) is 0 Å². The zero-order valence-corrected chi connectivity index (χ0v) is 17.7. The summed E-state index contributed by atoms with van der Waals surface area (Å²) in [6.45, 7) is -2.97. The van der Waals surface area contributed by atoms with E-state index in [1.165, 1.54) is 72.7 Å². The van der Waals surface area contributed by atoms with Gasteiger partial charge in [-0.05, 0) is 41.5 Å². The number of rotatable bonds is 9. The summed E-state index contributed by atoms with van der Waals surface area (Å²) in [7, 11) is 1.33. The first-order valence-corrected chi connectivity index (χ1v) is 10.6. The van der Waals surface area contributed by atoms with Crippen LogP contribution in [0.1, 0.15) is 11.1 Å². The Morgan fingerprint density at radius 1 is 1.19 bits per heavy atom. The van der Waals surface area contributed by atoms with Gasteiger partial charge in [-0.3, -0.25) is 10.1 Å². The predicted molar refractivity (Wildman–Crippen MR) is 113 cm³/mol. The Bertz CT molecular complexity index is 1060. The molecular formula is C20H16F3N3O3S2. The molecule has 2 aromatic carbocycles. The molecule has 0 spiro atoms. The quantitative estimate of drug-likeness (QED) is 0.264. The van der Waals surface area contributed by atoms with Crippen molar-refractivity contribution in [2.45, 2.75) is 16.7 Å². The lowest BCUT2D eigenvalue weighted by Crippen LogP contribution is -2.07. The monoisotopic (exact) mass is 467 g/mol. The molecule has 0 aliphatic carbocycles. The molecule has 0 unspecified atom stereocenters. The molecule has 0 aliphatic rings. The highest BCUT2D eigenvalue weighted by molar-refractivity contribution is 8.00. The summed E-state index contributed by atoms with van der Waals surface area (Å²) in [5, 5.41) is 10.9. The van der Waals surface area contributed by atoms with Crippen LogP contribution in [0.15, 0.2) is 52.9 Å². The average molecular weight is 467 g/mol. The van der Waals surface area contributed by atoms with Crippen LogP contribution in [0.5, 0.6) is 11.5 Å². The maximum Gasteiger partial charge on any atom is 0.387 e. The van der Waals surface area contributed by atoms with Gasteiger partial charge in [-0.25, -0.2) is 4.39 Å². The highest BCUT2D eigenvalue weighted by atomic mass is 32.2. The van der Waals surface area contributed by atoms with E-state index in [0.717, 1.165) is 5.56 Å². The van der Waals surface area contributed by atoms with Crippen LogP contribution in [0.4, 0.5) is 18.3 Å². The Kier molecular flexibility index (Phi) is 7.90. The number of hydrogen-bond donors (Lipinski definition) is 1. The molecular weight excluding hydrogens is 451 g/mol. The van der Waals surface area contributed by atoms with E-state index in [1.807, 2.05) is 0 Å². The van der Waals surface area contributed by atoms with Crippen LogP contribution in [0, 0.1) is 5.82 Å². The van der Waals surface area contributed by atoms with Gasteiger partial charge in [0.2, 0.25) is 11.0 Å². The molecule has 0 saturated carbocycles. The summed E-state index contributed by atoms with van der Waals surface area (Å²) < 4.78 is 47.7. The number of ether oxygens (including phenoxy) is 2. The summed E-state index contributed by atoms with van der Waals surface area (Å²) in [5.74, 6) is -0.110. The molecule has 162 valence electrons. The van der Waals surface area contributed by atoms with Crippen molar-refractivity contribution in [2.75, 3.05) is 12.4 Å². The first kappa shape index (κ1) is 22.6. The van der Waals surface area contributed by atoms with Crippen molar-refractivity contribution in [3.8, 4) is 11.5 Å². The molecule has 3 aromatic rings. The number of methoxy groups -OCH3 is 1. The lowest BCUT2D eigenvalue weighted by molar-refractivity contribution is -0.111. The summed E-state index contributed by atoms with van der Waals surface area (Å²) >= 11 is 2.63. The zero-order valence-electron chi connectivity index (χ0n) is 16.1. The second kappa shape index (κ2) is 10.8. The summed E-state index contributed by atoms with van der Waals surface area (Å²) in [5.41, 5.74) is 1.50. The van der Waals surface area contributed by atoms with Gasteiger partial charge in [-0.2, -0.15) is 8.78 Å². The lowest BCUT2D eigenvalue weighted by atomic mass is 10.2. The van der Waals surface area contributed by atoms with Gasteiger partial charge in [-0.15, -0.1) is 10.2 Å². The van der Waals surface area contributed by atoms with Crippen LogP contribution in [0.2, 0.25) is 0 Å². The number of halogens is 3. The van der Waals surface area contributed by atoms with E-state index < -0.39 is 12.5 Å². The number of aromatic nitrogens is 2. The maximum absolute atomic E-state index is 12.9. The second-order valence-corrected chi connectivity index (χ2v) is 8.10. The topological polar surface area (TPSA) is 73.3 Å². The SMILES string of the molecule is COc1cc(/C=C/C(=O)Nc2nnc(SCc3ccc(F)cc3)s2)ccc1OC(F)F. The Balaban J connectivity index is 1.54. The molecule has 0 aliphatic heterocycles. The molecule has 0 fully saturated rings. The van der Waals surface area contributed by atoms with Crippen molar-refractivity contribution >= 4 is 40.2 Å². The number of carbonyl (C=O) groups is 1. The largest absolute Gasteiger partial charge is 0.493 e. The number of anilines is 1. The molecule has 0 radical (unpaired) electrons. The molecule has 0 saturated heterocycles. The minimum absolute atomic E-state index is 0.0985. The highest BCUT2D eigenvalue weighted by Gasteiger charge is 2.11. The summed E-state index contributed by atoms with van der Waals surface area (Å²) in [4.78, 5) is 12.1. The van der Waals surface area contributed by atoms with Gasteiger partial charge < -0.3 is 9.47 Å². The van der Waals surface area contributed by atoms with E-state index in [1.54, 1.807) is 12.1 Å². The van der Waals surface area contributed by atoms with E-state index in [4.69, 9.17) is 4.74 Å². The molecule has 6 nitrogen and oxygen atoms in total. The Labute approximate surface area is 184 Å². The van der Waals surface area contributed by atoms with E-state index in [9.17, 15) is 18.0 Å². The third-order valence-electron chi connectivity index (χ3n) is 3.74. The van der Waals surface area contributed by atoms with Crippen LogP contribution in [-0.2, 0) is 10.5 Å². The normalized spacial score (nSPS) is 11.1. The van der Waals surface area contributed by atoms with Gasteiger partial charge >= 0.3 is 6.61 Å². The minimum Gasteiger partial charge on any atom is -0.493 e. The van der Waals surface area contributed by atoms with Gasteiger partial charge in [0, 0.05) is 11.8 Å². The molecule has 1 N–H and O–H groups in total. The molecule has 0 atom stereocenters. The van der Waals surface area contributed by atoms with Crippen molar-refractivity contribution in [2.24, 2.45) is 0 Å². The molecule has 11 heteroatoms. The molecule has 3 rings (SSSR count). The number of alkyl halides is 2. The predicted octanol–water partition coefficient (Wildman–Crippen LogP) is 5.23. The molecule has 31 heavy (non-hydrogen) atoms. The van der Waals surface area contributed by atoms with Gasteiger partial charge in [-0.1, -0.05) is 41.3 Å². The van der Waals surface area contributed by atoms with Crippen molar-refractivity contribution in [1.29, 1.82) is 0 Å². The van der Waals surface area contributed by atoms with E-state index in [-0.39, 0.29) is 17.3 Å². The number of hydrogen-bond acceptors (Lipinski definition) is 7. The van der Waals surface area contributed by atoms with Crippen LogP contribution in [0.3, 0.4) is 0 Å². The fraction of sp³-hybridized carbons (Fsp3) is 0.150. The van der Waals surface area contributed by atoms with Crippen molar-refractivity contribution < 1.29 is 27.4 Å². The highest BCUT2D eigenvalue weighted by Crippen LogP contribution is 2.30. The first-order chi connectivity index (χ1) is 14.9. The number of amides is 1. The summed E-state index contributed by atoms with van der Waals surface area (Å²) in [6.07, 6.45) is 2.77. The Hall–Kier alpha value is -3.05. The van der Waals surface area contributed by atoms with E-state index >= 15 is 0 Å². The van der Waals surface area contributed by atoms with Crippen LogP contribution in [0.25, 0.3) is 6.08 Å². The standard InChI is InChI=1S/C20H16F3N3O3S2/c1-28-16-10-12(4-8-15(16)29-18(22)23)5-9-17(27)24-19-25-26-20(31-19)30-11-13-2-6-14(21)7-3-13/h2-10,18H,11H2,1H3,(H,24,25,27)/b9-5+. The smallest absolute Gasteiger partial charge is 0.387 e. The van der Waals surface area contributed by atoms with Crippen molar-refractivity contribution in [3.63, 3.8) is 0 Å². The maximum atomic E-state index is 12.9. The van der Waals surface area contributed by atoms with E-state index in [2.05, 4.69) is 20.3 Å². The van der Waals surface area contributed by atoms with E-state index in [0.29, 0.717) is 20.8 Å². The fourth-order valence-electron chi connectivity index (χ4n) is 2.34. The third kappa shape index (κ3) is 7.00. The minimum atomic E-state index is -2.97. The molecule has 1 amide bonds. The average Bonchev–Trinajstić information content (AvgIpc) is 3.19. The van der Waals surface area contributed by atoms with Crippen molar-refractivity contribution in [1.82, 2.24) is 10.2 Å². The molecule has 1 aromatic heterocycles. The van der Waals surface area contributed by atoms with Crippen LogP contribution < -0.4 is 14.8 Å². The lowest BCUT2D eigenvalue weighted by Gasteiger charge is -2.10. The second-order valence-electron chi connectivity index (χ2n) is 5.90. The van der Waals surface area contributed by atoms with Gasteiger partial charge in [0.05, 0.1) is 7.11 Å². The number of carbonyl (C=O) groups excluding carboxylic acids is 1. The Morgan fingerprint density at radius 3 is 2.68 bits per heavy atom. The number of nitrogens with one attached hydrogen (secondary N) is 1. The van der Waals surface area contributed by atoms with Crippen molar-refractivity contribution in [3.05, 3.63) is 65.5 Å². The van der Waals surface area contributed by atoms with Gasteiger partial charge in [0.1, 0.15) is 5.82 Å². The number of thioether (sulfide) groups is 1.